The molecule has 1 aromatic heterocycles. The first-order chi connectivity index (χ1) is 14.1. The number of hydrogen-bond acceptors (Lipinski definition) is 5. The van der Waals surface area contributed by atoms with Crippen LogP contribution < -0.4 is 14.8 Å². The maximum absolute atomic E-state index is 13.1. The maximum atomic E-state index is 13.1. The largest absolute Gasteiger partial charge is 0.493 e. The van der Waals surface area contributed by atoms with Crippen LogP contribution in [0.2, 0.25) is 0 Å². The summed E-state index contributed by atoms with van der Waals surface area (Å²) in [5.41, 5.74) is 2.80. The van der Waals surface area contributed by atoms with E-state index in [-0.39, 0.29) is 11.7 Å². The lowest BCUT2D eigenvalue weighted by Crippen LogP contribution is -2.12. The molecule has 1 amide bonds. The van der Waals surface area contributed by atoms with Crippen molar-refractivity contribution < 1.29 is 23.1 Å². The van der Waals surface area contributed by atoms with Crippen molar-refractivity contribution in [1.82, 2.24) is 4.98 Å². The molecular weight excluding hydrogens is 375 g/mol. The molecule has 4 aromatic rings. The summed E-state index contributed by atoms with van der Waals surface area (Å²) in [4.78, 5) is 17.0. The summed E-state index contributed by atoms with van der Waals surface area (Å²) in [7, 11) is 3.04. The number of methoxy groups -OCH3 is 2. The number of rotatable bonds is 5. The standard InChI is InChI=1S/C22H17FN2O4/c1-27-19-9-5-14(11-20(19)28-2)21(26)24-16-8-10-18-17(12-16)25-22(29-18)13-3-6-15(23)7-4-13/h3-12H,1-2H3,(H,24,26). The molecule has 1 heterocycles. The van der Waals surface area contributed by atoms with Crippen molar-refractivity contribution in [2.45, 2.75) is 0 Å². The second-order valence-corrected chi connectivity index (χ2v) is 6.23. The number of ether oxygens (including phenoxy) is 2. The highest BCUT2D eigenvalue weighted by molar-refractivity contribution is 6.05. The topological polar surface area (TPSA) is 73.6 Å². The molecule has 0 fully saturated rings. The Labute approximate surface area is 165 Å². The van der Waals surface area contributed by atoms with Crippen LogP contribution >= 0.6 is 0 Å². The van der Waals surface area contributed by atoms with Gasteiger partial charge in [-0.05, 0) is 60.7 Å². The van der Waals surface area contributed by atoms with Crippen LogP contribution in [0.25, 0.3) is 22.6 Å². The Kier molecular flexibility index (Phi) is 4.87. The monoisotopic (exact) mass is 392 g/mol. The zero-order chi connectivity index (χ0) is 20.4. The van der Waals surface area contributed by atoms with Crippen molar-refractivity contribution in [3.8, 4) is 23.0 Å². The minimum Gasteiger partial charge on any atom is -0.493 e. The van der Waals surface area contributed by atoms with Gasteiger partial charge in [0.25, 0.3) is 5.91 Å². The van der Waals surface area contributed by atoms with Gasteiger partial charge in [0, 0.05) is 16.8 Å². The molecule has 3 aromatic carbocycles. The molecule has 0 aliphatic rings. The summed E-state index contributed by atoms with van der Waals surface area (Å²) in [5.74, 6) is 0.762. The van der Waals surface area contributed by atoms with E-state index in [1.165, 1.54) is 26.4 Å². The van der Waals surface area contributed by atoms with Gasteiger partial charge in [0.2, 0.25) is 5.89 Å². The van der Waals surface area contributed by atoms with Gasteiger partial charge in [-0.3, -0.25) is 4.79 Å². The predicted molar refractivity (Wildman–Crippen MR) is 107 cm³/mol. The molecule has 0 aliphatic heterocycles. The van der Waals surface area contributed by atoms with E-state index in [9.17, 15) is 9.18 Å². The molecule has 0 atom stereocenters. The van der Waals surface area contributed by atoms with Gasteiger partial charge in [-0.15, -0.1) is 0 Å². The third kappa shape index (κ3) is 3.75. The Hall–Kier alpha value is -3.87. The van der Waals surface area contributed by atoms with Gasteiger partial charge in [0.15, 0.2) is 17.1 Å². The summed E-state index contributed by atoms with van der Waals surface area (Å²) in [6.07, 6.45) is 0. The first-order valence-electron chi connectivity index (χ1n) is 8.77. The van der Waals surface area contributed by atoms with Crippen molar-refractivity contribution in [3.63, 3.8) is 0 Å². The predicted octanol–water partition coefficient (Wildman–Crippen LogP) is 4.90. The van der Waals surface area contributed by atoms with E-state index in [1.54, 1.807) is 48.5 Å². The van der Waals surface area contributed by atoms with E-state index in [4.69, 9.17) is 13.9 Å². The fourth-order valence-corrected chi connectivity index (χ4v) is 2.90. The average molecular weight is 392 g/mol. The van der Waals surface area contributed by atoms with Crippen molar-refractivity contribution >= 4 is 22.7 Å². The number of anilines is 1. The van der Waals surface area contributed by atoms with Crippen LogP contribution in [0.5, 0.6) is 11.5 Å². The van der Waals surface area contributed by atoms with E-state index in [2.05, 4.69) is 10.3 Å². The molecule has 29 heavy (non-hydrogen) atoms. The second kappa shape index (κ2) is 7.63. The molecule has 6 nitrogen and oxygen atoms in total. The van der Waals surface area contributed by atoms with Crippen LogP contribution in [0.15, 0.2) is 65.1 Å². The molecule has 0 aliphatic carbocycles. The van der Waals surface area contributed by atoms with Gasteiger partial charge in [-0.1, -0.05) is 0 Å². The number of nitrogens with one attached hydrogen (secondary N) is 1. The van der Waals surface area contributed by atoms with E-state index in [0.717, 1.165) is 0 Å². The van der Waals surface area contributed by atoms with Crippen LogP contribution in [0.3, 0.4) is 0 Å². The smallest absolute Gasteiger partial charge is 0.255 e. The zero-order valence-electron chi connectivity index (χ0n) is 15.7. The van der Waals surface area contributed by atoms with Crippen molar-refractivity contribution in [2.24, 2.45) is 0 Å². The summed E-state index contributed by atoms with van der Waals surface area (Å²) < 4.78 is 29.2. The molecule has 146 valence electrons. The number of fused-ring (bicyclic) bond motifs is 1. The number of hydrogen-bond donors (Lipinski definition) is 1. The number of nitrogens with zero attached hydrogens (tertiary/aromatic N) is 1. The Balaban J connectivity index is 1.58. The number of amides is 1. The third-order valence-corrected chi connectivity index (χ3v) is 4.38. The molecule has 0 saturated heterocycles. The van der Waals surface area contributed by atoms with Crippen LogP contribution in [-0.2, 0) is 0 Å². The van der Waals surface area contributed by atoms with Crippen LogP contribution in [0.4, 0.5) is 10.1 Å². The quantitative estimate of drug-likeness (QED) is 0.523. The number of oxazole rings is 1. The Bertz CT molecular complexity index is 1190. The van der Waals surface area contributed by atoms with Gasteiger partial charge in [-0.25, -0.2) is 9.37 Å². The zero-order valence-corrected chi connectivity index (χ0v) is 15.7. The molecule has 7 heteroatoms. The number of carbonyl (C=O) groups excluding carboxylic acids is 1. The lowest BCUT2D eigenvalue weighted by atomic mass is 10.1. The number of carbonyl (C=O) groups is 1. The molecule has 1 N–H and O–H groups in total. The van der Waals surface area contributed by atoms with Crippen LogP contribution in [-0.4, -0.2) is 25.1 Å². The number of benzene rings is 3. The van der Waals surface area contributed by atoms with Crippen LogP contribution in [0.1, 0.15) is 10.4 Å². The summed E-state index contributed by atoms with van der Waals surface area (Å²) in [6, 6.07) is 16.0. The van der Waals surface area contributed by atoms with E-state index < -0.39 is 0 Å². The molecule has 0 unspecified atom stereocenters. The van der Waals surface area contributed by atoms with E-state index >= 15 is 0 Å². The van der Waals surface area contributed by atoms with E-state index in [1.807, 2.05) is 0 Å². The molecule has 0 radical (unpaired) electrons. The van der Waals surface area contributed by atoms with Crippen molar-refractivity contribution in [3.05, 3.63) is 72.0 Å². The SMILES string of the molecule is COc1ccc(C(=O)Nc2ccc3oc(-c4ccc(F)cc4)nc3c2)cc1OC. The highest BCUT2D eigenvalue weighted by atomic mass is 19.1. The maximum Gasteiger partial charge on any atom is 0.255 e. The van der Waals surface area contributed by atoms with Gasteiger partial charge in [0.05, 0.1) is 14.2 Å². The highest BCUT2D eigenvalue weighted by Gasteiger charge is 2.13. The van der Waals surface area contributed by atoms with Gasteiger partial charge >= 0.3 is 0 Å². The molecule has 0 spiro atoms. The molecule has 0 saturated carbocycles. The molecule has 0 bridgehead atoms. The molecule has 4 rings (SSSR count). The first-order valence-corrected chi connectivity index (χ1v) is 8.77. The fourth-order valence-electron chi connectivity index (χ4n) is 2.90. The minimum absolute atomic E-state index is 0.299. The van der Waals surface area contributed by atoms with Crippen molar-refractivity contribution in [1.29, 1.82) is 0 Å². The van der Waals surface area contributed by atoms with Crippen LogP contribution in [0, 0.1) is 5.82 Å². The van der Waals surface area contributed by atoms with Gasteiger partial charge in [0.1, 0.15) is 11.3 Å². The lowest BCUT2D eigenvalue weighted by molar-refractivity contribution is 0.102. The number of aromatic nitrogens is 1. The third-order valence-electron chi connectivity index (χ3n) is 4.38. The Morgan fingerprint density at radius 1 is 0.966 bits per heavy atom. The summed E-state index contributed by atoms with van der Waals surface area (Å²) >= 11 is 0. The second-order valence-electron chi connectivity index (χ2n) is 6.23. The Morgan fingerprint density at radius 3 is 2.45 bits per heavy atom. The number of halogens is 1. The average Bonchev–Trinajstić information content (AvgIpc) is 3.17. The van der Waals surface area contributed by atoms with Crippen molar-refractivity contribution in [2.75, 3.05) is 19.5 Å². The van der Waals surface area contributed by atoms with Gasteiger partial charge < -0.3 is 19.2 Å². The lowest BCUT2D eigenvalue weighted by Gasteiger charge is -2.10. The molecular formula is C22H17FN2O4. The highest BCUT2D eigenvalue weighted by Crippen LogP contribution is 2.29. The summed E-state index contributed by atoms with van der Waals surface area (Å²) in [5, 5.41) is 2.83. The minimum atomic E-state index is -0.329. The van der Waals surface area contributed by atoms with E-state index in [0.29, 0.717) is 45.3 Å². The van der Waals surface area contributed by atoms with Gasteiger partial charge in [-0.2, -0.15) is 0 Å². The fraction of sp³-hybridized carbons (Fsp3) is 0.0909. The normalized spacial score (nSPS) is 10.7. The Morgan fingerprint density at radius 2 is 1.72 bits per heavy atom. The summed E-state index contributed by atoms with van der Waals surface area (Å²) in [6.45, 7) is 0. The first kappa shape index (κ1) is 18.5.